The molecule has 20 heavy (non-hydrogen) atoms. The minimum atomic E-state index is -0.884. The minimum Gasteiger partial charge on any atom is -0.504 e. The van der Waals surface area contributed by atoms with Crippen LogP contribution in [0, 0.1) is 5.92 Å². The lowest BCUT2D eigenvalue weighted by atomic mass is 10.0. The normalized spacial score (nSPS) is 21.4. The number of phenolic OH excluding ortho intramolecular Hbond substituents is 1. The van der Waals surface area contributed by atoms with Gasteiger partial charge in [-0.1, -0.05) is 6.42 Å². The number of benzene rings is 1. The molecule has 0 bridgehead atoms. The minimum absolute atomic E-state index is 0.124. The molecule has 1 amide bonds. The van der Waals surface area contributed by atoms with E-state index in [1.54, 1.807) is 0 Å². The Balaban J connectivity index is 2.08. The van der Waals surface area contributed by atoms with Crippen molar-refractivity contribution >= 4 is 11.9 Å². The molecule has 108 valence electrons. The number of carbonyl (C=O) groups is 2. The van der Waals surface area contributed by atoms with E-state index in [4.69, 9.17) is 9.84 Å². The van der Waals surface area contributed by atoms with Gasteiger partial charge in [-0.3, -0.25) is 9.59 Å². The van der Waals surface area contributed by atoms with Gasteiger partial charge in [0, 0.05) is 11.6 Å². The summed E-state index contributed by atoms with van der Waals surface area (Å²) in [7, 11) is 1.42. The Hall–Kier alpha value is -2.24. The summed E-state index contributed by atoms with van der Waals surface area (Å²) >= 11 is 0. The van der Waals surface area contributed by atoms with Crippen LogP contribution in [0.4, 0.5) is 0 Å². The predicted molar refractivity (Wildman–Crippen MR) is 70.9 cm³/mol. The zero-order valence-electron chi connectivity index (χ0n) is 11.1. The SMILES string of the molecule is COc1ccc(C(=O)NC2CCCC2C(=O)O)cc1O. The van der Waals surface area contributed by atoms with Crippen LogP contribution in [0.3, 0.4) is 0 Å². The van der Waals surface area contributed by atoms with Gasteiger partial charge < -0.3 is 20.3 Å². The standard InChI is InChI=1S/C14H17NO5/c1-20-12-6-5-8(7-11(12)16)13(17)15-10-4-2-3-9(10)14(18)19/h5-7,9-10,16H,2-4H2,1H3,(H,15,17)(H,18,19). The topological polar surface area (TPSA) is 95.9 Å². The molecule has 1 aromatic carbocycles. The largest absolute Gasteiger partial charge is 0.504 e. The van der Waals surface area contributed by atoms with Crippen LogP contribution in [0.2, 0.25) is 0 Å². The number of ether oxygens (including phenoxy) is 1. The van der Waals surface area contributed by atoms with Crippen LogP contribution in [0.15, 0.2) is 18.2 Å². The molecular weight excluding hydrogens is 262 g/mol. The second kappa shape index (κ2) is 5.81. The third-order valence-corrected chi connectivity index (χ3v) is 3.59. The van der Waals surface area contributed by atoms with E-state index in [1.807, 2.05) is 0 Å². The summed E-state index contributed by atoms with van der Waals surface area (Å²) < 4.78 is 4.90. The molecule has 6 nitrogen and oxygen atoms in total. The molecule has 0 spiro atoms. The number of aromatic hydroxyl groups is 1. The fraction of sp³-hybridized carbons (Fsp3) is 0.429. The molecule has 0 saturated heterocycles. The van der Waals surface area contributed by atoms with Gasteiger partial charge in [-0.05, 0) is 31.0 Å². The first-order chi connectivity index (χ1) is 9.52. The first kappa shape index (κ1) is 14.2. The van der Waals surface area contributed by atoms with Crippen molar-refractivity contribution < 1.29 is 24.5 Å². The molecule has 0 heterocycles. The molecule has 2 atom stereocenters. The third-order valence-electron chi connectivity index (χ3n) is 3.59. The van der Waals surface area contributed by atoms with Crippen LogP contribution in [0.5, 0.6) is 11.5 Å². The highest BCUT2D eigenvalue weighted by Crippen LogP contribution is 2.28. The molecule has 0 aromatic heterocycles. The first-order valence-corrected chi connectivity index (χ1v) is 6.43. The van der Waals surface area contributed by atoms with Gasteiger partial charge in [-0.2, -0.15) is 0 Å². The maximum Gasteiger partial charge on any atom is 0.308 e. The van der Waals surface area contributed by atoms with Gasteiger partial charge in [-0.25, -0.2) is 0 Å². The van der Waals surface area contributed by atoms with Gasteiger partial charge in [0.25, 0.3) is 5.91 Å². The maximum atomic E-state index is 12.1. The van der Waals surface area contributed by atoms with E-state index in [9.17, 15) is 14.7 Å². The number of carboxylic acids is 1. The molecule has 1 aliphatic carbocycles. The molecule has 0 radical (unpaired) electrons. The van der Waals surface area contributed by atoms with Crippen molar-refractivity contribution in [3.8, 4) is 11.5 Å². The summed E-state index contributed by atoms with van der Waals surface area (Å²) in [5.41, 5.74) is 0.277. The molecule has 0 aliphatic heterocycles. The zero-order valence-corrected chi connectivity index (χ0v) is 11.1. The predicted octanol–water partition coefficient (Wildman–Crippen LogP) is 1.38. The smallest absolute Gasteiger partial charge is 0.308 e. The van der Waals surface area contributed by atoms with E-state index in [2.05, 4.69) is 5.32 Å². The highest BCUT2D eigenvalue weighted by molar-refractivity contribution is 5.95. The Morgan fingerprint density at radius 1 is 1.35 bits per heavy atom. The number of hydrogen-bond donors (Lipinski definition) is 3. The van der Waals surface area contributed by atoms with Gasteiger partial charge in [0.2, 0.25) is 0 Å². The number of carbonyl (C=O) groups excluding carboxylic acids is 1. The average Bonchev–Trinajstić information content (AvgIpc) is 2.86. The fourth-order valence-electron chi connectivity index (χ4n) is 2.51. The zero-order chi connectivity index (χ0) is 14.7. The van der Waals surface area contributed by atoms with Crippen molar-refractivity contribution in [3.63, 3.8) is 0 Å². The second-order valence-corrected chi connectivity index (χ2v) is 4.84. The Bertz CT molecular complexity index is 528. The van der Waals surface area contributed by atoms with Gasteiger partial charge in [0.05, 0.1) is 13.0 Å². The summed E-state index contributed by atoms with van der Waals surface area (Å²) in [5.74, 6) is -1.65. The molecule has 1 aliphatic rings. The van der Waals surface area contributed by atoms with Gasteiger partial charge in [0.1, 0.15) is 0 Å². The summed E-state index contributed by atoms with van der Waals surface area (Å²) in [6, 6.07) is 3.97. The molecule has 1 saturated carbocycles. The number of methoxy groups -OCH3 is 1. The summed E-state index contributed by atoms with van der Waals surface area (Å²) in [5, 5.41) is 21.4. The molecular formula is C14H17NO5. The fourth-order valence-corrected chi connectivity index (χ4v) is 2.51. The second-order valence-electron chi connectivity index (χ2n) is 4.84. The Kier molecular flexibility index (Phi) is 4.12. The summed E-state index contributed by atoms with van der Waals surface area (Å²) in [6.45, 7) is 0. The molecule has 2 unspecified atom stereocenters. The Morgan fingerprint density at radius 3 is 2.70 bits per heavy atom. The van der Waals surface area contributed by atoms with Gasteiger partial charge >= 0.3 is 5.97 Å². The van der Waals surface area contributed by atoms with Crippen LogP contribution in [-0.4, -0.2) is 35.2 Å². The Labute approximate surface area is 116 Å². The molecule has 1 fully saturated rings. The molecule has 1 aromatic rings. The van der Waals surface area contributed by atoms with Crippen molar-refractivity contribution in [2.24, 2.45) is 5.92 Å². The summed E-state index contributed by atoms with van der Waals surface area (Å²) in [4.78, 5) is 23.1. The van der Waals surface area contributed by atoms with Crippen LogP contribution in [0.1, 0.15) is 29.6 Å². The monoisotopic (exact) mass is 279 g/mol. The van der Waals surface area contributed by atoms with E-state index in [-0.39, 0.29) is 29.0 Å². The number of rotatable bonds is 4. The van der Waals surface area contributed by atoms with Crippen LogP contribution in [0.25, 0.3) is 0 Å². The number of hydrogen-bond acceptors (Lipinski definition) is 4. The number of phenols is 1. The maximum absolute atomic E-state index is 12.1. The number of carboxylic acid groups (broad SMARTS) is 1. The van der Waals surface area contributed by atoms with Crippen LogP contribution >= 0.6 is 0 Å². The first-order valence-electron chi connectivity index (χ1n) is 6.43. The van der Waals surface area contributed by atoms with Crippen molar-refractivity contribution in [1.82, 2.24) is 5.32 Å². The number of nitrogens with one attached hydrogen (secondary N) is 1. The lowest BCUT2D eigenvalue weighted by molar-refractivity contribution is -0.142. The van der Waals surface area contributed by atoms with Gasteiger partial charge in [0.15, 0.2) is 11.5 Å². The molecule has 2 rings (SSSR count). The van der Waals surface area contributed by atoms with Crippen molar-refractivity contribution in [1.29, 1.82) is 0 Å². The molecule has 3 N–H and O–H groups in total. The van der Waals surface area contributed by atoms with Crippen molar-refractivity contribution in [2.75, 3.05) is 7.11 Å². The van der Waals surface area contributed by atoms with Crippen LogP contribution < -0.4 is 10.1 Å². The highest BCUT2D eigenvalue weighted by Gasteiger charge is 2.34. The van der Waals surface area contributed by atoms with Crippen molar-refractivity contribution in [2.45, 2.75) is 25.3 Å². The van der Waals surface area contributed by atoms with E-state index >= 15 is 0 Å². The highest BCUT2D eigenvalue weighted by atomic mass is 16.5. The quantitative estimate of drug-likeness (QED) is 0.774. The number of amides is 1. The number of aliphatic carboxylic acids is 1. The van der Waals surface area contributed by atoms with Gasteiger partial charge in [-0.15, -0.1) is 0 Å². The summed E-state index contributed by atoms with van der Waals surface area (Å²) in [6.07, 6.45) is 2.02. The van der Waals surface area contributed by atoms with E-state index in [1.165, 1.54) is 25.3 Å². The Morgan fingerprint density at radius 2 is 2.10 bits per heavy atom. The van der Waals surface area contributed by atoms with E-state index in [0.717, 1.165) is 6.42 Å². The van der Waals surface area contributed by atoms with Crippen LogP contribution in [-0.2, 0) is 4.79 Å². The lowest BCUT2D eigenvalue weighted by Crippen LogP contribution is -2.40. The third kappa shape index (κ3) is 2.84. The van der Waals surface area contributed by atoms with E-state index < -0.39 is 11.9 Å². The average molecular weight is 279 g/mol. The lowest BCUT2D eigenvalue weighted by Gasteiger charge is -2.17. The molecule has 6 heteroatoms. The van der Waals surface area contributed by atoms with Crippen molar-refractivity contribution in [3.05, 3.63) is 23.8 Å². The van der Waals surface area contributed by atoms with E-state index in [0.29, 0.717) is 12.8 Å².